The SMILES string of the molecule is COC(=O)[C@]1(C)CCC[C@]2(C)[C@H]3C[C@@H](OC(C)=O)C(C(C)C)=CC3=CC[C@@H]21. The smallest absolute Gasteiger partial charge is 0.311 e. The molecule has 0 heterocycles. The molecule has 1 fully saturated rings. The molecule has 1 saturated carbocycles. The van der Waals surface area contributed by atoms with E-state index in [2.05, 4.69) is 39.8 Å². The van der Waals surface area contributed by atoms with Crippen LogP contribution in [0.3, 0.4) is 0 Å². The molecule has 4 nitrogen and oxygen atoms in total. The molecule has 0 spiro atoms. The molecule has 0 saturated heterocycles. The van der Waals surface area contributed by atoms with E-state index in [1.807, 2.05) is 0 Å². The van der Waals surface area contributed by atoms with Crippen LogP contribution in [0, 0.1) is 28.6 Å². The lowest BCUT2D eigenvalue weighted by atomic mass is 9.46. The van der Waals surface area contributed by atoms with Crippen molar-refractivity contribution in [2.75, 3.05) is 7.11 Å². The first-order chi connectivity index (χ1) is 12.6. The maximum atomic E-state index is 12.7. The summed E-state index contributed by atoms with van der Waals surface area (Å²) in [6, 6.07) is 0. The van der Waals surface area contributed by atoms with Gasteiger partial charge in [-0.3, -0.25) is 9.59 Å². The third-order valence-electron chi connectivity index (χ3n) is 7.55. The Morgan fingerprint density at radius 2 is 1.93 bits per heavy atom. The van der Waals surface area contributed by atoms with E-state index < -0.39 is 5.41 Å². The fraction of sp³-hybridized carbons (Fsp3) is 0.739. The second-order valence-corrected chi connectivity index (χ2v) is 9.45. The van der Waals surface area contributed by atoms with Gasteiger partial charge >= 0.3 is 11.9 Å². The largest absolute Gasteiger partial charge is 0.469 e. The maximum Gasteiger partial charge on any atom is 0.311 e. The van der Waals surface area contributed by atoms with Crippen LogP contribution in [0.15, 0.2) is 23.3 Å². The van der Waals surface area contributed by atoms with Crippen LogP contribution in [0.1, 0.15) is 66.7 Å². The van der Waals surface area contributed by atoms with E-state index in [0.29, 0.717) is 11.8 Å². The van der Waals surface area contributed by atoms with Gasteiger partial charge in [-0.1, -0.05) is 39.3 Å². The number of esters is 2. The summed E-state index contributed by atoms with van der Waals surface area (Å²) < 4.78 is 10.9. The zero-order chi connectivity index (χ0) is 20.0. The molecule has 0 bridgehead atoms. The van der Waals surface area contributed by atoms with Gasteiger partial charge in [-0.25, -0.2) is 0 Å². The topological polar surface area (TPSA) is 52.6 Å². The highest BCUT2D eigenvalue weighted by molar-refractivity contribution is 5.77. The molecule has 150 valence electrons. The van der Waals surface area contributed by atoms with E-state index in [9.17, 15) is 9.59 Å². The van der Waals surface area contributed by atoms with Crippen molar-refractivity contribution in [3.05, 3.63) is 23.3 Å². The molecular formula is C23H34O4. The predicted octanol–water partition coefficient (Wildman–Crippen LogP) is 4.84. The molecule has 0 N–H and O–H groups in total. The average molecular weight is 375 g/mol. The van der Waals surface area contributed by atoms with Crippen LogP contribution < -0.4 is 0 Å². The van der Waals surface area contributed by atoms with Gasteiger partial charge in [-0.05, 0) is 66.9 Å². The van der Waals surface area contributed by atoms with Crippen molar-refractivity contribution in [3.63, 3.8) is 0 Å². The van der Waals surface area contributed by atoms with Gasteiger partial charge < -0.3 is 9.47 Å². The summed E-state index contributed by atoms with van der Waals surface area (Å²) in [6.07, 6.45) is 9.19. The third-order valence-corrected chi connectivity index (χ3v) is 7.55. The first-order valence-corrected chi connectivity index (χ1v) is 10.3. The van der Waals surface area contributed by atoms with Gasteiger partial charge in [0.1, 0.15) is 6.10 Å². The van der Waals surface area contributed by atoms with E-state index in [1.54, 1.807) is 0 Å². The molecule has 0 unspecified atom stereocenters. The van der Waals surface area contributed by atoms with Crippen molar-refractivity contribution in [2.45, 2.75) is 72.8 Å². The zero-order valence-corrected chi connectivity index (χ0v) is 17.6. The summed E-state index contributed by atoms with van der Waals surface area (Å²) in [4.78, 5) is 24.4. The molecule has 27 heavy (non-hydrogen) atoms. The Morgan fingerprint density at radius 1 is 1.22 bits per heavy atom. The Balaban J connectivity index is 2.02. The van der Waals surface area contributed by atoms with Crippen LogP contribution in [-0.4, -0.2) is 25.2 Å². The number of carbonyl (C=O) groups is 2. The molecule has 3 aliphatic rings. The first-order valence-electron chi connectivity index (χ1n) is 10.3. The lowest BCUT2D eigenvalue weighted by molar-refractivity contribution is -0.167. The number of fused-ring (bicyclic) bond motifs is 3. The standard InChI is InChI=1S/C23H34O4/c1-14(2)17-12-16-8-9-20-22(4,18(16)13-19(17)27-15(3)24)10-7-11-23(20,5)21(25)26-6/h8,12,14,18-20H,7,9-11,13H2,1-6H3/t18-,19+,20-,22+,23+/m0/s1. The minimum absolute atomic E-state index is 0.0165. The Labute approximate surface area is 163 Å². The van der Waals surface area contributed by atoms with Crippen LogP contribution in [0.25, 0.3) is 0 Å². The fourth-order valence-electron chi connectivity index (χ4n) is 6.17. The molecule has 5 atom stereocenters. The second-order valence-electron chi connectivity index (χ2n) is 9.45. The summed E-state index contributed by atoms with van der Waals surface area (Å²) in [5.74, 6) is 0.605. The molecule has 0 aromatic carbocycles. The number of carbonyl (C=O) groups excluding carboxylic acids is 2. The van der Waals surface area contributed by atoms with Crippen molar-refractivity contribution in [1.82, 2.24) is 0 Å². The van der Waals surface area contributed by atoms with E-state index in [4.69, 9.17) is 9.47 Å². The van der Waals surface area contributed by atoms with E-state index in [-0.39, 0.29) is 29.4 Å². The Morgan fingerprint density at radius 3 is 2.52 bits per heavy atom. The molecule has 0 radical (unpaired) electrons. The molecule has 0 aliphatic heterocycles. The second kappa shape index (κ2) is 7.10. The number of ether oxygens (including phenoxy) is 2. The normalized spacial score (nSPS) is 38.3. The zero-order valence-electron chi connectivity index (χ0n) is 17.6. The fourth-order valence-corrected chi connectivity index (χ4v) is 6.17. The Bertz CT molecular complexity index is 688. The Hall–Kier alpha value is -1.58. The van der Waals surface area contributed by atoms with Crippen LogP contribution in [0.4, 0.5) is 0 Å². The summed E-state index contributed by atoms with van der Waals surface area (Å²) in [5, 5.41) is 0. The predicted molar refractivity (Wildman–Crippen MR) is 105 cm³/mol. The Kier molecular flexibility index (Phi) is 5.31. The maximum absolute atomic E-state index is 12.7. The van der Waals surface area contributed by atoms with Gasteiger partial charge in [0.05, 0.1) is 12.5 Å². The summed E-state index contributed by atoms with van der Waals surface area (Å²) in [6.45, 7) is 10.2. The number of hydrogen-bond donors (Lipinski definition) is 0. The molecule has 4 heteroatoms. The highest BCUT2D eigenvalue weighted by Crippen LogP contribution is 2.62. The van der Waals surface area contributed by atoms with E-state index in [0.717, 1.165) is 32.1 Å². The van der Waals surface area contributed by atoms with Crippen LogP contribution >= 0.6 is 0 Å². The summed E-state index contributed by atoms with van der Waals surface area (Å²) >= 11 is 0. The van der Waals surface area contributed by atoms with Gasteiger partial charge in [0.2, 0.25) is 0 Å². The highest BCUT2D eigenvalue weighted by Gasteiger charge is 2.58. The van der Waals surface area contributed by atoms with Crippen molar-refractivity contribution >= 4 is 11.9 Å². The van der Waals surface area contributed by atoms with Crippen molar-refractivity contribution in [1.29, 1.82) is 0 Å². The van der Waals surface area contributed by atoms with E-state index in [1.165, 1.54) is 25.2 Å². The average Bonchev–Trinajstić information content (AvgIpc) is 2.60. The third kappa shape index (κ3) is 3.25. The van der Waals surface area contributed by atoms with Gasteiger partial charge in [0.15, 0.2) is 0 Å². The van der Waals surface area contributed by atoms with Crippen molar-refractivity contribution in [2.24, 2.45) is 28.6 Å². The molecule has 3 rings (SSSR count). The molecule has 0 amide bonds. The molecule has 0 aromatic rings. The van der Waals surface area contributed by atoms with Crippen molar-refractivity contribution < 1.29 is 19.1 Å². The van der Waals surface area contributed by atoms with Crippen LogP contribution in [-0.2, 0) is 19.1 Å². The molecule has 0 aromatic heterocycles. The van der Waals surface area contributed by atoms with Crippen LogP contribution in [0.2, 0.25) is 0 Å². The lowest BCUT2D eigenvalue weighted by Crippen LogP contribution is -2.54. The number of allylic oxidation sites excluding steroid dienone is 3. The number of hydrogen-bond acceptors (Lipinski definition) is 4. The monoisotopic (exact) mass is 374 g/mol. The number of rotatable bonds is 3. The number of methoxy groups -OCH3 is 1. The van der Waals surface area contributed by atoms with Gasteiger partial charge in [0.25, 0.3) is 0 Å². The van der Waals surface area contributed by atoms with Gasteiger partial charge in [-0.15, -0.1) is 0 Å². The minimum Gasteiger partial charge on any atom is -0.469 e. The molecule has 3 aliphatic carbocycles. The summed E-state index contributed by atoms with van der Waals surface area (Å²) in [7, 11) is 1.50. The van der Waals surface area contributed by atoms with Gasteiger partial charge in [-0.2, -0.15) is 0 Å². The quantitative estimate of drug-likeness (QED) is 0.664. The minimum atomic E-state index is -0.442. The van der Waals surface area contributed by atoms with Crippen LogP contribution in [0.5, 0.6) is 0 Å². The van der Waals surface area contributed by atoms with E-state index >= 15 is 0 Å². The van der Waals surface area contributed by atoms with Gasteiger partial charge in [0, 0.05) is 6.92 Å². The lowest BCUT2D eigenvalue weighted by Gasteiger charge is -2.57. The highest BCUT2D eigenvalue weighted by atomic mass is 16.5. The van der Waals surface area contributed by atoms with Crippen molar-refractivity contribution in [3.8, 4) is 0 Å². The first kappa shape index (κ1) is 20.2. The summed E-state index contributed by atoms with van der Waals surface area (Å²) in [5.41, 5.74) is 2.15. The molecular weight excluding hydrogens is 340 g/mol.